The third kappa shape index (κ3) is 71.1. The fourth-order valence-corrected chi connectivity index (χ4v) is 12.3. The lowest BCUT2D eigenvalue weighted by molar-refractivity contribution is -0.161. The Balaban J connectivity index is 3.33. The molecular weight excluding hydrogens is 1000 g/mol. The van der Waals surface area contributed by atoms with Gasteiger partial charge in [-0.05, 0) is 38.5 Å². The van der Waals surface area contributed by atoms with Crippen molar-refractivity contribution in [2.24, 2.45) is 0 Å². The molecule has 0 saturated heterocycles. The van der Waals surface area contributed by atoms with Gasteiger partial charge in [0.05, 0.1) is 6.61 Å². The molecule has 0 spiro atoms. The van der Waals surface area contributed by atoms with Crippen LogP contribution >= 0.6 is 0 Å². The van der Waals surface area contributed by atoms with Crippen molar-refractivity contribution in [2.75, 3.05) is 13.2 Å². The molecule has 0 aromatic carbocycles. The molecular formula is C77H150O5. The van der Waals surface area contributed by atoms with Gasteiger partial charge in [0.25, 0.3) is 0 Å². The maximum atomic E-state index is 12.4. The number of carbonyl (C=O) groups excluding carboxylic acids is 2. The van der Waals surface area contributed by atoms with Crippen molar-refractivity contribution >= 4 is 11.9 Å². The predicted molar refractivity (Wildman–Crippen MR) is 362 cm³/mol. The van der Waals surface area contributed by atoms with Crippen molar-refractivity contribution < 1.29 is 24.2 Å². The van der Waals surface area contributed by atoms with E-state index in [1.165, 1.54) is 392 Å². The summed E-state index contributed by atoms with van der Waals surface area (Å²) in [5.74, 6) is -0.561. The molecule has 1 N–H and O–H groups in total. The van der Waals surface area contributed by atoms with E-state index in [4.69, 9.17) is 9.47 Å². The van der Waals surface area contributed by atoms with Gasteiger partial charge >= 0.3 is 11.9 Å². The number of rotatable bonds is 73. The normalized spacial score (nSPS) is 12.1. The lowest BCUT2D eigenvalue weighted by atomic mass is 10.0. The summed E-state index contributed by atoms with van der Waals surface area (Å²) in [6, 6.07) is 0. The van der Waals surface area contributed by atoms with Crippen LogP contribution in [0, 0.1) is 0 Å². The minimum absolute atomic E-state index is 0.0572. The molecule has 488 valence electrons. The van der Waals surface area contributed by atoms with Gasteiger partial charge in [0.2, 0.25) is 0 Å². The fourth-order valence-electron chi connectivity index (χ4n) is 12.3. The van der Waals surface area contributed by atoms with Gasteiger partial charge in [-0.1, -0.05) is 411 Å². The fraction of sp³-hybridized carbons (Fsp3) is 0.948. The standard InChI is InChI=1S/C77H150O5/c1-3-5-7-9-11-13-15-17-19-21-23-25-27-29-31-32-33-34-35-36-37-38-39-40-41-42-43-44-46-47-49-51-53-55-57-59-61-63-65-67-69-71-76(79)81-74-75(73-78)82-77(80)72-70-68-66-64-62-60-58-56-54-52-50-48-45-30-28-26-24-22-20-18-16-14-12-10-8-6-4-2/h22,24,75,78H,3-21,23,25-74H2,1-2H3. The molecule has 82 heavy (non-hydrogen) atoms. The monoisotopic (exact) mass is 1160 g/mol. The molecule has 0 aliphatic carbocycles. The number of aliphatic hydroxyl groups excluding tert-OH is 1. The van der Waals surface area contributed by atoms with E-state index in [1.807, 2.05) is 0 Å². The molecule has 0 heterocycles. The number of hydrogen-bond acceptors (Lipinski definition) is 5. The number of unbranched alkanes of at least 4 members (excludes halogenated alkanes) is 63. The quantitative estimate of drug-likeness (QED) is 0.0373. The molecule has 0 aliphatic rings. The van der Waals surface area contributed by atoms with Crippen LogP contribution in [-0.4, -0.2) is 36.4 Å². The van der Waals surface area contributed by atoms with Gasteiger partial charge in [-0.2, -0.15) is 0 Å². The van der Waals surface area contributed by atoms with Crippen molar-refractivity contribution in [3.63, 3.8) is 0 Å². The average Bonchev–Trinajstić information content (AvgIpc) is 3.49. The van der Waals surface area contributed by atoms with Crippen molar-refractivity contribution in [1.82, 2.24) is 0 Å². The molecule has 0 bridgehead atoms. The van der Waals surface area contributed by atoms with Crippen LogP contribution in [0.2, 0.25) is 0 Å². The topological polar surface area (TPSA) is 72.8 Å². The summed E-state index contributed by atoms with van der Waals surface area (Å²) in [5, 5.41) is 9.71. The van der Waals surface area contributed by atoms with E-state index in [1.54, 1.807) is 0 Å². The Bertz CT molecular complexity index is 1220. The molecule has 0 rings (SSSR count). The summed E-state index contributed by atoms with van der Waals surface area (Å²) in [6.45, 7) is 4.22. The lowest BCUT2D eigenvalue weighted by Gasteiger charge is -2.15. The number of carbonyl (C=O) groups is 2. The van der Waals surface area contributed by atoms with E-state index in [2.05, 4.69) is 26.0 Å². The zero-order chi connectivity index (χ0) is 59.1. The second-order valence-electron chi connectivity index (χ2n) is 26.4. The Labute approximate surface area is 515 Å². The van der Waals surface area contributed by atoms with E-state index in [0.717, 1.165) is 32.1 Å². The Morgan fingerprint density at radius 2 is 0.451 bits per heavy atom. The smallest absolute Gasteiger partial charge is 0.306 e. The second kappa shape index (κ2) is 73.9. The zero-order valence-corrected chi connectivity index (χ0v) is 56.3. The summed E-state index contributed by atoms with van der Waals surface area (Å²) in [5.41, 5.74) is 0. The van der Waals surface area contributed by atoms with Crippen LogP contribution < -0.4 is 0 Å². The molecule has 0 aromatic heterocycles. The maximum Gasteiger partial charge on any atom is 0.306 e. The first-order valence-electron chi connectivity index (χ1n) is 38.2. The average molecular weight is 1160 g/mol. The molecule has 1 atom stereocenters. The SMILES string of the molecule is CCCCCCCCCCC=CCCCCCCCCCCCCCCCCCC(=O)OC(CO)COC(=O)CCCCCCCCCCCCCCCCCCCCCCCCCCCCCCCCCCCCCCCCCCC. The molecule has 0 radical (unpaired) electrons. The summed E-state index contributed by atoms with van der Waals surface area (Å²) in [7, 11) is 0. The highest BCUT2D eigenvalue weighted by molar-refractivity contribution is 5.70. The Hall–Kier alpha value is -1.36. The Morgan fingerprint density at radius 3 is 0.659 bits per heavy atom. The van der Waals surface area contributed by atoms with Crippen LogP contribution in [0.1, 0.15) is 450 Å². The van der Waals surface area contributed by atoms with Crippen molar-refractivity contribution in [2.45, 2.75) is 457 Å². The van der Waals surface area contributed by atoms with Gasteiger partial charge in [0, 0.05) is 12.8 Å². The molecule has 0 saturated carbocycles. The largest absolute Gasteiger partial charge is 0.462 e. The molecule has 5 nitrogen and oxygen atoms in total. The third-order valence-electron chi connectivity index (χ3n) is 18.1. The van der Waals surface area contributed by atoms with Crippen LogP contribution in [0.5, 0.6) is 0 Å². The Morgan fingerprint density at radius 1 is 0.268 bits per heavy atom. The minimum atomic E-state index is -0.768. The van der Waals surface area contributed by atoms with E-state index in [0.29, 0.717) is 12.8 Å². The van der Waals surface area contributed by atoms with Gasteiger partial charge in [-0.15, -0.1) is 0 Å². The van der Waals surface area contributed by atoms with Crippen LogP contribution in [0.15, 0.2) is 12.2 Å². The predicted octanol–water partition coefficient (Wildman–Crippen LogP) is 26.6. The van der Waals surface area contributed by atoms with E-state index < -0.39 is 6.10 Å². The van der Waals surface area contributed by atoms with Crippen LogP contribution in [-0.2, 0) is 19.1 Å². The molecule has 0 amide bonds. The van der Waals surface area contributed by atoms with E-state index >= 15 is 0 Å². The van der Waals surface area contributed by atoms with Crippen molar-refractivity contribution in [3.05, 3.63) is 12.2 Å². The minimum Gasteiger partial charge on any atom is -0.462 e. The Kier molecular flexibility index (Phi) is 72.7. The van der Waals surface area contributed by atoms with Gasteiger partial charge in [0.15, 0.2) is 6.10 Å². The first kappa shape index (κ1) is 80.6. The molecule has 5 heteroatoms. The first-order chi connectivity index (χ1) is 40.6. The second-order valence-corrected chi connectivity index (χ2v) is 26.4. The lowest BCUT2D eigenvalue weighted by Crippen LogP contribution is -2.28. The summed E-state index contributed by atoms with van der Waals surface area (Å²) in [4.78, 5) is 24.7. The van der Waals surface area contributed by atoms with Gasteiger partial charge in [-0.25, -0.2) is 0 Å². The molecule has 0 aliphatic heterocycles. The highest BCUT2D eigenvalue weighted by atomic mass is 16.6. The molecule has 0 fully saturated rings. The van der Waals surface area contributed by atoms with Gasteiger partial charge < -0.3 is 14.6 Å². The molecule has 0 aromatic rings. The molecule has 1 unspecified atom stereocenters. The van der Waals surface area contributed by atoms with Gasteiger partial charge in [-0.3, -0.25) is 9.59 Å². The highest BCUT2D eigenvalue weighted by Crippen LogP contribution is 2.20. The number of aliphatic hydroxyl groups is 1. The number of ether oxygens (including phenoxy) is 2. The maximum absolute atomic E-state index is 12.4. The first-order valence-corrected chi connectivity index (χ1v) is 38.2. The van der Waals surface area contributed by atoms with Crippen LogP contribution in [0.4, 0.5) is 0 Å². The summed E-state index contributed by atoms with van der Waals surface area (Å²) < 4.78 is 10.8. The summed E-state index contributed by atoms with van der Waals surface area (Å²) in [6.07, 6.45) is 95.8. The van der Waals surface area contributed by atoms with Gasteiger partial charge in [0.1, 0.15) is 6.61 Å². The summed E-state index contributed by atoms with van der Waals surface area (Å²) >= 11 is 0. The van der Waals surface area contributed by atoms with E-state index in [9.17, 15) is 14.7 Å². The van der Waals surface area contributed by atoms with Crippen molar-refractivity contribution in [1.29, 1.82) is 0 Å². The number of esters is 2. The van der Waals surface area contributed by atoms with Crippen LogP contribution in [0.3, 0.4) is 0 Å². The van der Waals surface area contributed by atoms with E-state index in [-0.39, 0.29) is 25.2 Å². The highest BCUT2D eigenvalue weighted by Gasteiger charge is 2.16. The third-order valence-corrected chi connectivity index (χ3v) is 18.1. The zero-order valence-electron chi connectivity index (χ0n) is 56.3. The van der Waals surface area contributed by atoms with Crippen LogP contribution in [0.25, 0.3) is 0 Å². The number of hydrogen-bond donors (Lipinski definition) is 1. The number of allylic oxidation sites excluding steroid dienone is 2. The van der Waals surface area contributed by atoms with Crippen molar-refractivity contribution in [3.8, 4) is 0 Å².